The molecular weight excluding hydrogens is 312 g/mol. The van der Waals surface area contributed by atoms with Gasteiger partial charge in [-0.2, -0.15) is 5.10 Å². The van der Waals surface area contributed by atoms with Gasteiger partial charge in [-0.25, -0.2) is 0 Å². The highest BCUT2D eigenvalue weighted by molar-refractivity contribution is 6.04. The van der Waals surface area contributed by atoms with Crippen LogP contribution in [0, 0.1) is 0 Å². The number of carbonyl (C=O) groups excluding carboxylic acids is 1. The number of methoxy groups -OCH3 is 1. The number of rotatable bonds is 7. The fraction of sp³-hybridized carbons (Fsp3) is 0.143. The van der Waals surface area contributed by atoms with E-state index >= 15 is 0 Å². The van der Waals surface area contributed by atoms with Crippen molar-refractivity contribution in [3.63, 3.8) is 0 Å². The van der Waals surface area contributed by atoms with Gasteiger partial charge in [-0.3, -0.25) is 9.80 Å². The van der Waals surface area contributed by atoms with Gasteiger partial charge in [-0.15, -0.1) is 0 Å². The van der Waals surface area contributed by atoms with Gasteiger partial charge in [0.1, 0.15) is 5.75 Å². The fourth-order valence-electron chi connectivity index (χ4n) is 2.08. The van der Waals surface area contributed by atoms with Crippen LogP contribution in [0.3, 0.4) is 0 Å². The van der Waals surface area contributed by atoms with Gasteiger partial charge in [0.05, 0.1) is 12.8 Å². The van der Waals surface area contributed by atoms with Gasteiger partial charge < -0.3 is 4.74 Å². The lowest BCUT2D eigenvalue weighted by molar-refractivity contribution is 0.104. The van der Waals surface area contributed by atoms with E-state index in [2.05, 4.69) is 5.10 Å². The summed E-state index contributed by atoms with van der Waals surface area (Å²) in [5.74, 6) is 0.684. The average molecular weight is 334 g/mol. The van der Waals surface area contributed by atoms with Crippen molar-refractivity contribution >= 4 is 17.7 Å². The first-order chi connectivity index (χ1) is 12.1. The Bertz CT molecular complexity index is 775. The quantitative estimate of drug-likeness (QED) is 0.246. The van der Waals surface area contributed by atoms with E-state index in [-0.39, 0.29) is 5.78 Å². The average Bonchev–Trinajstić information content (AvgIpc) is 2.66. The van der Waals surface area contributed by atoms with Crippen LogP contribution in [0.4, 0.5) is 5.69 Å². The minimum Gasteiger partial charge on any atom is -0.497 e. The van der Waals surface area contributed by atoms with Crippen molar-refractivity contribution in [3.8, 4) is 5.75 Å². The molecule has 25 heavy (non-hydrogen) atoms. The summed E-state index contributed by atoms with van der Waals surface area (Å²) in [4.78, 5) is 12.1. The second-order valence-electron chi connectivity index (χ2n) is 5.46. The van der Waals surface area contributed by atoms with Crippen LogP contribution < -0.4 is 9.75 Å². The zero-order chi connectivity index (χ0) is 18.1. The molecule has 4 nitrogen and oxygen atoms in total. The second kappa shape index (κ2) is 9.23. The van der Waals surface area contributed by atoms with E-state index < -0.39 is 0 Å². The number of anilines is 1. The highest BCUT2D eigenvalue weighted by Crippen LogP contribution is 2.12. The van der Waals surface area contributed by atoms with Crippen LogP contribution in [0.2, 0.25) is 0 Å². The van der Waals surface area contributed by atoms with Crippen molar-refractivity contribution in [2.45, 2.75) is 6.92 Å². The van der Waals surface area contributed by atoms with Crippen molar-refractivity contribution in [3.05, 3.63) is 84.0 Å². The molecule has 2 rings (SSSR count). The Hall–Kier alpha value is -3.14. The minimum atomic E-state index is -0.0475. The lowest BCUT2D eigenvalue weighted by atomic mass is 10.1. The number of benzene rings is 2. The van der Waals surface area contributed by atoms with Crippen LogP contribution in [0.1, 0.15) is 17.3 Å². The molecule has 2 aromatic rings. The molecule has 0 N–H and O–H groups in total. The summed E-state index contributed by atoms with van der Waals surface area (Å²) in [6.07, 6.45) is 6.91. The molecule has 128 valence electrons. The number of hydrogen-bond donors (Lipinski definition) is 0. The number of allylic oxidation sites excluding steroid dienone is 4. The van der Waals surface area contributed by atoms with E-state index in [1.807, 2.05) is 50.4 Å². The Morgan fingerprint density at radius 1 is 1.04 bits per heavy atom. The molecule has 0 bridgehead atoms. The molecule has 0 amide bonds. The molecule has 0 aromatic heterocycles. The Labute approximate surface area is 148 Å². The van der Waals surface area contributed by atoms with Crippen molar-refractivity contribution < 1.29 is 9.53 Å². The first-order valence-corrected chi connectivity index (χ1v) is 7.96. The SMILES string of the molecule is COc1ccc(C(=O)\C=C/C(C)=C/C=N\N(C)c2ccccc2)cc1. The predicted molar refractivity (Wildman–Crippen MR) is 104 cm³/mol. The first kappa shape index (κ1) is 18.2. The van der Waals surface area contributed by atoms with Crippen molar-refractivity contribution in [1.29, 1.82) is 0 Å². The summed E-state index contributed by atoms with van der Waals surface area (Å²) < 4.78 is 5.09. The van der Waals surface area contributed by atoms with E-state index in [4.69, 9.17) is 4.74 Å². The van der Waals surface area contributed by atoms with Gasteiger partial charge in [0.25, 0.3) is 0 Å². The molecule has 0 atom stereocenters. The van der Waals surface area contributed by atoms with Gasteiger partial charge in [0, 0.05) is 18.8 Å². The summed E-state index contributed by atoms with van der Waals surface area (Å²) in [5, 5.41) is 6.13. The number of para-hydroxylation sites is 1. The molecule has 0 spiro atoms. The Balaban J connectivity index is 1.94. The highest BCUT2D eigenvalue weighted by atomic mass is 16.5. The van der Waals surface area contributed by atoms with E-state index in [9.17, 15) is 4.79 Å². The first-order valence-electron chi connectivity index (χ1n) is 7.96. The van der Waals surface area contributed by atoms with Crippen molar-refractivity contribution in [2.75, 3.05) is 19.2 Å². The van der Waals surface area contributed by atoms with Crippen molar-refractivity contribution in [1.82, 2.24) is 0 Å². The monoisotopic (exact) mass is 334 g/mol. The molecule has 0 aliphatic heterocycles. The molecule has 2 aromatic carbocycles. The molecule has 0 radical (unpaired) electrons. The van der Waals surface area contributed by atoms with Gasteiger partial charge in [0.2, 0.25) is 0 Å². The third-order valence-corrected chi connectivity index (χ3v) is 3.58. The number of hydrogen-bond acceptors (Lipinski definition) is 4. The zero-order valence-corrected chi connectivity index (χ0v) is 14.7. The third kappa shape index (κ3) is 5.77. The predicted octanol–water partition coefficient (Wildman–Crippen LogP) is 4.50. The topological polar surface area (TPSA) is 41.9 Å². The van der Waals surface area contributed by atoms with Gasteiger partial charge in [-0.1, -0.05) is 24.3 Å². The molecule has 0 unspecified atom stereocenters. The highest BCUT2D eigenvalue weighted by Gasteiger charge is 2.01. The zero-order valence-electron chi connectivity index (χ0n) is 14.7. The summed E-state index contributed by atoms with van der Waals surface area (Å²) >= 11 is 0. The third-order valence-electron chi connectivity index (χ3n) is 3.58. The molecular formula is C21H22N2O2. The van der Waals surface area contributed by atoms with Crippen LogP contribution in [0.25, 0.3) is 0 Å². The molecule has 0 aliphatic carbocycles. The lowest BCUT2D eigenvalue weighted by Gasteiger charge is -2.11. The van der Waals surface area contributed by atoms with E-state index in [0.717, 1.165) is 17.0 Å². The standard InChI is InChI=1S/C21H22N2O2/c1-17(15-16-22-23(2)19-7-5-4-6-8-19)9-14-21(24)18-10-12-20(25-3)13-11-18/h4-16H,1-3H3/b14-9-,17-15+,22-16-. The molecule has 0 aliphatic rings. The number of ketones is 1. The Morgan fingerprint density at radius 3 is 2.36 bits per heavy atom. The fourth-order valence-corrected chi connectivity index (χ4v) is 2.08. The number of carbonyl (C=O) groups is 1. The molecule has 4 heteroatoms. The number of hydrazone groups is 1. The largest absolute Gasteiger partial charge is 0.497 e. The molecule has 0 saturated heterocycles. The van der Waals surface area contributed by atoms with Gasteiger partial charge in [-0.05, 0) is 61.0 Å². The van der Waals surface area contributed by atoms with Crippen LogP contribution in [0.5, 0.6) is 5.75 Å². The van der Waals surface area contributed by atoms with E-state index in [0.29, 0.717) is 5.56 Å². The van der Waals surface area contributed by atoms with E-state index in [1.165, 1.54) is 0 Å². The maximum absolute atomic E-state index is 12.1. The molecule has 0 fully saturated rings. The smallest absolute Gasteiger partial charge is 0.185 e. The number of nitrogens with zero attached hydrogens (tertiary/aromatic N) is 2. The number of ether oxygens (including phenoxy) is 1. The summed E-state index contributed by atoms with van der Waals surface area (Å²) in [6, 6.07) is 16.9. The summed E-state index contributed by atoms with van der Waals surface area (Å²) in [5.41, 5.74) is 2.57. The van der Waals surface area contributed by atoms with Crippen molar-refractivity contribution in [2.24, 2.45) is 5.10 Å². The van der Waals surface area contributed by atoms with Crippen LogP contribution in [-0.2, 0) is 0 Å². The molecule has 0 heterocycles. The normalized spacial score (nSPS) is 11.9. The van der Waals surface area contributed by atoms with Crippen LogP contribution in [0.15, 0.2) is 83.5 Å². The second-order valence-corrected chi connectivity index (χ2v) is 5.46. The van der Waals surface area contributed by atoms with E-state index in [1.54, 1.807) is 54.8 Å². The molecule has 0 saturated carbocycles. The maximum atomic E-state index is 12.1. The van der Waals surface area contributed by atoms with Gasteiger partial charge in [0.15, 0.2) is 5.78 Å². The minimum absolute atomic E-state index is 0.0475. The van der Waals surface area contributed by atoms with Gasteiger partial charge >= 0.3 is 0 Å². The van der Waals surface area contributed by atoms with Crippen LogP contribution in [-0.4, -0.2) is 26.2 Å². The Morgan fingerprint density at radius 2 is 1.72 bits per heavy atom. The summed E-state index contributed by atoms with van der Waals surface area (Å²) in [6.45, 7) is 1.92. The van der Waals surface area contributed by atoms with Crippen LogP contribution >= 0.6 is 0 Å². The lowest BCUT2D eigenvalue weighted by Crippen LogP contribution is -2.07. The summed E-state index contributed by atoms with van der Waals surface area (Å²) in [7, 11) is 3.49. The maximum Gasteiger partial charge on any atom is 0.185 e. The Kier molecular flexibility index (Phi) is 6.72.